The molecule has 1 fully saturated rings. The normalized spacial score (nSPS) is 18.8. The lowest BCUT2D eigenvalue weighted by Gasteiger charge is -2.38. The number of halogens is 2. The summed E-state index contributed by atoms with van der Waals surface area (Å²) in [4.78, 5) is 0. The summed E-state index contributed by atoms with van der Waals surface area (Å²) in [6, 6.07) is 3.78. The SMILES string of the molecule is COCC(NCC1(CCO)CCCCC1)c1ccc(F)c(F)c1. The minimum atomic E-state index is -0.840. The lowest BCUT2D eigenvalue weighted by Crippen LogP contribution is -2.39. The van der Waals surface area contributed by atoms with Gasteiger partial charge in [-0.3, -0.25) is 0 Å². The van der Waals surface area contributed by atoms with E-state index in [0.29, 0.717) is 12.2 Å². The molecule has 0 spiro atoms. The van der Waals surface area contributed by atoms with Gasteiger partial charge in [0.1, 0.15) is 0 Å². The molecule has 0 bridgehead atoms. The van der Waals surface area contributed by atoms with Crippen molar-refractivity contribution in [2.45, 2.75) is 44.6 Å². The number of hydrogen-bond acceptors (Lipinski definition) is 3. The Morgan fingerprint density at radius 2 is 1.96 bits per heavy atom. The topological polar surface area (TPSA) is 41.5 Å². The van der Waals surface area contributed by atoms with Gasteiger partial charge in [0, 0.05) is 20.3 Å². The molecular weight excluding hydrogens is 300 g/mol. The number of hydrogen-bond donors (Lipinski definition) is 2. The average molecular weight is 327 g/mol. The van der Waals surface area contributed by atoms with Gasteiger partial charge < -0.3 is 15.2 Å². The van der Waals surface area contributed by atoms with Crippen LogP contribution >= 0.6 is 0 Å². The van der Waals surface area contributed by atoms with Gasteiger partial charge in [-0.2, -0.15) is 0 Å². The number of methoxy groups -OCH3 is 1. The summed E-state index contributed by atoms with van der Waals surface area (Å²) in [5, 5.41) is 12.8. The smallest absolute Gasteiger partial charge is 0.159 e. The fraction of sp³-hybridized carbons (Fsp3) is 0.667. The van der Waals surface area contributed by atoms with Crippen LogP contribution in [0, 0.1) is 17.0 Å². The van der Waals surface area contributed by atoms with Gasteiger partial charge in [0.2, 0.25) is 0 Å². The number of aliphatic hydroxyl groups is 1. The van der Waals surface area contributed by atoms with E-state index in [-0.39, 0.29) is 18.1 Å². The third-order valence-corrected chi connectivity index (χ3v) is 4.96. The Bertz CT molecular complexity index is 484. The Morgan fingerprint density at radius 1 is 1.22 bits per heavy atom. The number of nitrogens with one attached hydrogen (secondary N) is 1. The van der Waals surface area contributed by atoms with Gasteiger partial charge in [0.05, 0.1) is 12.6 Å². The first-order valence-corrected chi connectivity index (χ1v) is 8.38. The highest BCUT2D eigenvalue weighted by molar-refractivity contribution is 5.21. The van der Waals surface area contributed by atoms with Crippen LogP contribution in [0.25, 0.3) is 0 Å². The molecule has 0 amide bonds. The third-order valence-electron chi connectivity index (χ3n) is 4.96. The van der Waals surface area contributed by atoms with Crippen molar-refractivity contribution in [1.29, 1.82) is 0 Å². The van der Waals surface area contributed by atoms with Crippen molar-refractivity contribution < 1.29 is 18.6 Å². The van der Waals surface area contributed by atoms with Crippen LogP contribution in [0.15, 0.2) is 18.2 Å². The molecule has 0 saturated heterocycles. The summed E-state index contributed by atoms with van der Waals surface area (Å²) in [7, 11) is 1.60. The molecule has 1 aromatic rings. The van der Waals surface area contributed by atoms with Gasteiger partial charge in [0.15, 0.2) is 11.6 Å². The van der Waals surface area contributed by atoms with Crippen LogP contribution in [-0.4, -0.2) is 32.0 Å². The highest BCUT2D eigenvalue weighted by Gasteiger charge is 2.32. The van der Waals surface area contributed by atoms with E-state index in [4.69, 9.17) is 4.74 Å². The van der Waals surface area contributed by atoms with Crippen LogP contribution in [-0.2, 0) is 4.74 Å². The minimum absolute atomic E-state index is 0.0948. The zero-order valence-corrected chi connectivity index (χ0v) is 13.8. The van der Waals surface area contributed by atoms with Gasteiger partial charge in [0.25, 0.3) is 0 Å². The summed E-state index contributed by atoms with van der Waals surface area (Å²) >= 11 is 0. The molecule has 1 unspecified atom stereocenters. The zero-order valence-electron chi connectivity index (χ0n) is 13.8. The largest absolute Gasteiger partial charge is 0.396 e. The van der Waals surface area contributed by atoms with E-state index >= 15 is 0 Å². The monoisotopic (exact) mass is 327 g/mol. The van der Waals surface area contributed by atoms with Gasteiger partial charge in [-0.05, 0) is 42.4 Å². The number of aliphatic hydroxyl groups excluding tert-OH is 1. The van der Waals surface area contributed by atoms with Crippen molar-refractivity contribution in [3.8, 4) is 0 Å². The van der Waals surface area contributed by atoms with Gasteiger partial charge in [-0.15, -0.1) is 0 Å². The maximum absolute atomic E-state index is 13.5. The predicted octanol–water partition coefficient (Wildman–Crippen LogP) is 3.57. The first-order chi connectivity index (χ1) is 11.1. The lowest BCUT2D eigenvalue weighted by atomic mass is 9.72. The molecule has 23 heavy (non-hydrogen) atoms. The van der Waals surface area contributed by atoms with Crippen LogP contribution < -0.4 is 5.32 Å². The molecule has 0 heterocycles. The van der Waals surface area contributed by atoms with Crippen molar-refractivity contribution in [2.24, 2.45) is 5.41 Å². The fourth-order valence-corrected chi connectivity index (χ4v) is 3.56. The van der Waals surface area contributed by atoms with Gasteiger partial charge in [-0.25, -0.2) is 8.78 Å². The molecule has 1 aliphatic rings. The molecule has 0 aromatic heterocycles. The highest BCUT2D eigenvalue weighted by Crippen LogP contribution is 2.39. The molecule has 2 N–H and O–H groups in total. The van der Waals surface area contributed by atoms with E-state index in [1.54, 1.807) is 13.2 Å². The van der Waals surface area contributed by atoms with Gasteiger partial charge >= 0.3 is 0 Å². The molecule has 1 aromatic carbocycles. The van der Waals surface area contributed by atoms with Crippen LogP contribution in [0.3, 0.4) is 0 Å². The van der Waals surface area contributed by atoms with Crippen LogP contribution in [0.2, 0.25) is 0 Å². The Morgan fingerprint density at radius 3 is 2.57 bits per heavy atom. The zero-order chi connectivity index (χ0) is 16.7. The van der Waals surface area contributed by atoms with E-state index in [1.165, 1.54) is 25.3 Å². The van der Waals surface area contributed by atoms with Crippen molar-refractivity contribution in [3.63, 3.8) is 0 Å². The van der Waals surface area contributed by atoms with Crippen molar-refractivity contribution >= 4 is 0 Å². The molecule has 3 nitrogen and oxygen atoms in total. The molecular formula is C18H27F2NO2. The van der Waals surface area contributed by atoms with E-state index < -0.39 is 11.6 Å². The molecule has 5 heteroatoms. The standard InChI is InChI=1S/C18H27F2NO2/c1-23-12-17(14-5-6-15(19)16(20)11-14)21-13-18(9-10-22)7-3-2-4-8-18/h5-6,11,17,21-22H,2-4,7-10,12-13H2,1H3. The first-order valence-electron chi connectivity index (χ1n) is 8.38. The van der Waals surface area contributed by atoms with Crippen molar-refractivity contribution in [1.82, 2.24) is 5.32 Å². The highest BCUT2D eigenvalue weighted by atomic mass is 19.2. The Balaban J connectivity index is 2.07. The summed E-state index contributed by atoms with van der Waals surface area (Å²) in [6.07, 6.45) is 6.58. The number of benzene rings is 1. The quantitative estimate of drug-likeness (QED) is 0.767. The maximum atomic E-state index is 13.5. The van der Waals surface area contributed by atoms with Crippen LogP contribution in [0.5, 0.6) is 0 Å². The van der Waals surface area contributed by atoms with Gasteiger partial charge in [-0.1, -0.05) is 25.3 Å². The van der Waals surface area contributed by atoms with Crippen LogP contribution in [0.1, 0.15) is 50.1 Å². The van der Waals surface area contributed by atoms with Crippen molar-refractivity contribution in [2.75, 3.05) is 26.9 Å². The first kappa shape index (κ1) is 18.3. The van der Waals surface area contributed by atoms with E-state index in [1.807, 2.05) is 0 Å². The molecule has 2 rings (SSSR count). The molecule has 1 atom stereocenters. The summed E-state index contributed by atoms with van der Waals surface area (Å²) in [6.45, 7) is 1.32. The number of rotatable bonds is 8. The molecule has 1 aliphatic carbocycles. The summed E-state index contributed by atoms with van der Waals surface area (Å²) in [5.74, 6) is -1.68. The van der Waals surface area contributed by atoms with Crippen LogP contribution in [0.4, 0.5) is 8.78 Å². The summed E-state index contributed by atoms with van der Waals surface area (Å²) < 4.78 is 31.9. The average Bonchev–Trinajstić information content (AvgIpc) is 2.55. The second-order valence-electron chi connectivity index (χ2n) is 6.60. The van der Waals surface area contributed by atoms with Crippen molar-refractivity contribution in [3.05, 3.63) is 35.4 Å². The summed E-state index contributed by atoms with van der Waals surface area (Å²) in [5.41, 5.74) is 0.776. The Hall–Kier alpha value is -1.04. The second-order valence-corrected chi connectivity index (χ2v) is 6.60. The van der Waals surface area contributed by atoms with E-state index in [0.717, 1.165) is 31.9 Å². The Kier molecular flexibility index (Phi) is 6.93. The predicted molar refractivity (Wildman–Crippen MR) is 86.2 cm³/mol. The number of ether oxygens (including phenoxy) is 1. The third kappa shape index (κ3) is 4.96. The molecule has 1 saturated carbocycles. The maximum Gasteiger partial charge on any atom is 0.159 e. The fourth-order valence-electron chi connectivity index (χ4n) is 3.56. The van der Waals surface area contributed by atoms with E-state index in [2.05, 4.69) is 5.32 Å². The molecule has 0 aliphatic heterocycles. The lowest BCUT2D eigenvalue weighted by molar-refractivity contribution is 0.109. The second kappa shape index (κ2) is 8.71. The minimum Gasteiger partial charge on any atom is -0.396 e. The molecule has 0 radical (unpaired) electrons. The Labute approximate surface area is 137 Å². The molecule has 130 valence electrons. The van der Waals surface area contributed by atoms with E-state index in [9.17, 15) is 13.9 Å².